The Morgan fingerprint density at radius 2 is 1.82 bits per heavy atom. The quantitative estimate of drug-likeness (QED) is 0.277. The summed E-state index contributed by atoms with van der Waals surface area (Å²) >= 11 is 0.909. The van der Waals surface area contributed by atoms with Gasteiger partial charge in [0.15, 0.2) is 0 Å². The molecule has 5 aromatic rings. The van der Waals surface area contributed by atoms with Crippen LogP contribution in [0.3, 0.4) is 0 Å². The molecule has 0 unspecified atom stereocenters. The first-order valence-electron chi connectivity index (χ1n) is 12.2. The third-order valence-corrected chi connectivity index (χ3v) is 9.49. The summed E-state index contributed by atoms with van der Waals surface area (Å²) in [4.78, 5) is 29.0. The molecule has 0 spiro atoms. The smallest absolute Gasteiger partial charge is 0.326 e. The normalized spacial score (nSPS) is 16.7. The van der Waals surface area contributed by atoms with E-state index >= 15 is 0 Å². The highest BCUT2D eigenvalue weighted by molar-refractivity contribution is 7.89. The molecule has 198 valence electrons. The number of fused-ring (bicyclic) bond motifs is 3. The highest BCUT2D eigenvalue weighted by Crippen LogP contribution is 2.32. The Morgan fingerprint density at radius 3 is 2.64 bits per heavy atom. The second-order valence-electron chi connectivity index (χ2n) is 9.39. The summed E-state index contributed by atoms with van der Waals surface area (Å²) in [6.07, 6.45) is 1.86. The van der Waals surface area contributed by atoms with E-state index in [1.807, 2.05) is 48.5 Å². The van der Waals surface area contributed by atoms with E-state index in [4.69, 9.17) is 0 Å². The molecular formula is C27H23N5O5S2. The molecule has 10 nitrogen and oxygen atoms in total. The van der Waals surface area contributed by atoms with Crippen molar-refractivity contribution in [1.82, 2.24) is 23.4 Å². The second kappa shape index (κ2) is 9.88. The number of carboxylic acids is 1. The van der Waals surface area contributed by atoms with Crippen molar-refractivity contribution in [2.24, 2.45) is 0 Å². The van der Waals surface area contributed by atoms with Crippen molar-refractivity contribution in [1.29, 1.82) is 0 Å². The molecule has 0 bridgehead atoms. The van der Waals surface area contributed by atoms with Crippen molar-refractivity contribution in [2.45, 2.75) is 36.4 Å². The number of hydrogen-bond donors (Lipinski definition) is 3. The Balaban J connectivity index is 1.34. The van der Waals surface area contributed by atoms with Crippen LogP contribution in [0.1, 0.15) is 16.7 Å². The molecule has 0 radical (unpaired) electrons. The number of nitrogens with one attached hydrogen (secondary N) is 2. The molecule has 0 saturated heterocycles. The van der Waals surface area contributed by atoms with E-state index in [9.17, 15) is 23.1 Å². The third kappa shape index (κ3) is 4.56. The van der Waals surface area contributed by atoms with Crippen LogP contribution in [0.4, 0.5) is 0 Å². The Morgan fingerprint density at radius 1 is 1.05 bits per heavy atom. The van der Waals surface area contributed by atoms with Gasteiger partial charge in [-0.1, -0.05) is 48.5 Å². The van der Waals surface area contributed by atoms with Gasteiger partial charge in [0, 0.05) is 30.1 Å². The standard InChI is InChI=1S/C27H23N5O5S2/c33-26(29-22(27(34)35)12-18-14-28-20-9-4-3-8-19(18)20)23-13-16-6-1-2-7-17(16)15-32(23)39(36,37)24-11-5-10-21-25(24)31-38-30-21/h1-11,14,22-23,28H,12-13,15H2,(H,29,33)(H,34,35)/t22-,23-/m0/s1. The summed E-state index contributed by atoms with van der Waals surface area (Å²) in [7, 11) is -4.21. The Bertz CT molecular complexity index is 1830. The molecule has 1 amide bonds. The number of aliphatic carboxylic acids is 1. The number of carbonyl (C=O) groups is 2. The van der Waals surface area contributed by atoms with Gasteiger partial charge in [-0.3, -0.25) is 4.79 Å². The molecule has 2 atom stereocenters. The lowest BCUT2D eigenvalue weighted by Gasteiger charge is -2.35. The highest BCUT2D eigenvalue weighted by Gasteiger charge is 2.41. The Labute approximate surface area is 227 Å². The predicted octanol–water partition coefficient (Wildman–Crippen LogP) is 3.10. The second-order valence-corrected chi connectivity index (χ2v) is 11.8. The van der Waals surface area contributed by atoms with Gasteiger partial charge in [0.2, 0.25) is 15.9 Å². The van der Waals surface area contributed by atoms with Gasteiger partial charge < -0.3 is 15.4 Å². The van der Waals surface area contributed by atoms with Gasteiger partial charge in [0.1, 0.15) is 28.0 Å². The summed E-state index contributed by atoms with van der Waals surface area (Å²) in [5, 5.41) is 13.5. The number of amides is 1. The SMILES string of the molecule is O=C(O)[C@H](Cc1c[nH]c2ccccc12)NC(=O)[C@@H]1Cc2ccccc2CN1S(=O)(=O)c1cccc2nsnc12. The number of carboxylic acid groups (broad SMARTS) is 1. The first kappa shape index (κ1) is 25.2. The fourth-order valence-electron chi connectivity index (χ4n) is 5.08. The number of aromatic amines is 1. The van der Waals surface area contributed by atoms with Gasteiger partial charge in [0.25, 0.3) is 0 Å². The van der Waals surface area contributed by atoms with E-state index in [-0.39, 0.29) is 29.8 Å². The van der Waals surface area contributed by atoms with Crippen LogP contribution in [0, 0.1) is 0 Å². The minimum Gasteiger partial charge on any atom is -0.480 e. The fraction of sp³-hybridized carbons (Fsp3) is 0.185. The van der Waals surface area contributed by atoms with Gasteiger partial charge in [0.05, 0.1) is 11.7 Å². The van der Waals surface area contributed by atoms with Gasteiger partial charge in [-0.15, -0.1) is 0 Å². The molecule has 0 aliphatic carbocycles. The number of carbonyl (C=O) groups excluding carboxylic acids is 1. The molecule has 39 heavy (non-hydrogen) atoms. The maximum Gasteiger partial charge on any atom is 0.326 e. The zero-order valence-electron chi connectivity index (χ0n) is 20.4. The zero-order valence-corrected chi connectivity index (χ0v) is 22.1. The van der Waals surface area contributed by atoms with Crippen LogP contribution in [0.15, 0.2) is 77.8 Å². The summed E-state index contributed by atoms with van der Waals surface area (Å²) in [6, 6.07) is 17.1. The zero-order chi connectivity index (χ0) is 27.1. The largest absolute Gasteiger partial charge is 0.480 e. The van der Waals surface area contributed by atoms with Crippen molar-refractivity contribution in [3.63, 3.8) is 0 Å². The van der Waals surface area contributed by atoms with E-state index in [1.165, 1.54) is 6.07 Å². The monoisotopic (exact) mass is 561 g/mol. The average Bonchev–Trinajstić information content (AvgIpc) is 3.59. The number of para-hydroxylation sites is 1. The third-order valence-electron chi connectivity index (χ3n) is 7.06. The van der Waals surface area contributed by atoms with Gasteiger partial charge in [-0.2, -0.15) is 13.1 Å². The summed E-state index contributed by atoms with van der Waals surface area (Å²) in [6.45, 7) is -0.0370. The maximum atomic E-state index is 14.0. The van der Waals surface area contributed by atoms with Gasteiger partial charge >= 0.3 is 5.97 Å². The molecule has 6 rings (SSSR count). The molecule has 2 aromatic heterocycles. The lowest BCUT2D eigenvalue weighted by Crippen LogP contribution is -2.55. The average molecular weight is 562 g/mol. The number of benzene rings is 3. The molecule has 3 heterocycles. The van der Waals surface area contributed by atoms with E-state index in [0.717, 1.165) is 43.6 Å². The molecule has 1 aliphatic rings. The molecule has 0 fully saturated rings. The van der Waals surface area contributed by atoms with Crippen LogP contribution in [-0.4, -0.2) is 55.5 Å². The highest BCUT2D eigenvalue weighted by atomic mass is 32.2. The van der Waals surface area contributed by atoms with Crippen molar-refractivity contribution >= 4 is 55.6 Å². The first-order chi connectivity index (χ1) is 18.8. The summed E-state index contributed by atoms with van der Waals surface area (Å²) in [5.74, 6) is -1.89. The van der Waals surface area contributed by atoms with Crippen LogP contribution in [0.25, 0.3) is 21.9 Å². The van der Waals surface area contributed by atoms with E-state index in [0.29, 0.717) is 5.52 Å². The molecule has 1 aliphatic heterocycles. The predicted molar refractivity (Wildman–Crippen MR) is 146 cm³/mol. The van der Waals surface area contributed by atoms with Crippen LogP contribution in [-0.2, 0) is 39.0 Å². The maximum absolute atomic E-state index is 14.0. The lowest BCUT2D eigenvalue weighted by molar-refractivity contribution is -0.142. The lowest BCUT2D eigenvalue weighted by atomic mass is 9.95. The van der Waals surface area contributed by atoms with Crippen LogP contribution >= 0.6 is 11.7 Å². The topological polar surface area (TPSA) is 145 Å². The fourth-order valence-corrected chi connectivity index (χ4v) is 7.40. The van der Waals surface area contributed by atoms with E-state index in [2.05, 4.69) is 19.0 Å². The Kier molecular flexibility index (Phi) is 6.37. The van der Waals surface area contributed by atoms with E-state index < -0.39 is 34.0 Å². The molecule has 3 aromatic carbocycles. The summed E-state index contributed by atoms with van der Waals surface area (Å²) in [5.41, 5.74) is 3.89. The minimum atomic E-state index is -4.21. The van der Waals surface area contributed by atoms with Crippen LogP contribution in [0.5, 0.6) is 0 Å². The number of H-pyrrole nitrogens is 1. The van der Waals surface area contributed by atoms with Crippen molar-refractivity contribution in [2.75, 3.05) is 0 Å². The minimum absolute atomic E-state index is 0.0327. The molecule has 3 N–H and O–H groups in total. The number of aromatic nitrogens is 3. The number of nitrogens with zero attached hydrogens (tertiary/aromatic N) is 3. The number of sulfonamides is 1. The number of hydrogen-bond acceptors (Lipinski definition) is 7. The van der Waals surface area contributed by atoms with E-state index in [1.54, 1.807) is 18.3 Å². The molecule has 0 saturated carbocycles. The molecule has 12 heteroatoms. The Hall–Kier alpha value is -4.13. The van der Waals surface area contributed by atoms with Crippen LogP contribution < -0.4 is 5.32 Å². The molecular weight excluding hydrogens is 538 g/mol. The summed E-state index contributed by atoms with van der Waals surface area (Å²) < 4.78 is 37.5. The van der Waals surface area contributed by atoms with Crippen LogP contribution in [0.2, 0.25) is 0 Å². The van der Waals surface area contributed by atoms with Gasteiger partial charge in [-0.05, 0) is 41.3 Å². The van der Waals surface area contributed by atoms with Crippen molar-refractivity contribution in [3.8, 4) is 0 Å². The number of rotatable bonds is 7. The van der Waals surface area contributed by atoms with Crippen molar-refractivity contribution < 1.29 is 23.1 Å². The first-order valence-corrected chi connectivity index (χ1v) is 14.4. The van der Waals surface area contributed by atoms with Gasteiger partial charge in [-0.25, -0.2) is 13.2 Å². The van der Waals surface area contributed by atoms with Crippen molar-refractivity contribution in [3.05, 3.63) is 89.6 Å².